The first-order valence-corrected chi connectivity index (χ1v) is 9.62. The van der Waals surface area contributed by atoms with Crippen molar-refractivity contribution >= 4 is 23.9 Å². The minimum atomic E-state index is -5.08. The van der Waals surface area contributed by atoms with Gasteiger partial charge in [0.05, 0.1) is 6.04 Å². The van der Waals surface area contributed by atoms with Crippen molar-refractivity contribution < 1.29 is 42.2 Å². The van der Waals surface area contributed by atoms with Crippen molar-refractivity contribution in [1.29, 1.82) is 0 Å². The molecule has 184 valence electrons. The zero-order valence-corrected chi connectivity index (χ0v) is 17.7. The van der Waals surface area contributed by atoms with Crippen LogP contribution in [-0.2, 0) is 32.1 Å². The van der Waals surface area contributed by atoms with Crippen molar-refractivity contribution in [2.45, 2.75) is 25.2 Å². The lowest BCUT2D eigenvalue weighted by atomic mass is 10.1. The number of ether oxygens (including phenoxy) is 1. The molecule has 0 bridgehead atoms. The molecular weight excluding hydrogens is 461 g/mol. The number of alkyl carbamates (subject to hydrolysis) is 1. The second kappa shape index (κ2) is 14.1. The predicted molar refractivity (Wildman–Crippen MR) is 113 cm³/mol. The molecule has 0 heterocycles. The Labute approximate surface area is 192 Å². The SMILES string of the molecule is N[C@H](Cc1ccccc1)C(=O)NNC(=O)CNC(=O)OCc1ccccc1.O=C(O)C(F)(F)F. The minimum absolute atomic E-state index is 0.0966. The number of hydrogen-bond acceptors (Lipinski definition) is 6. The number of nitrogens with two attached hydrogens (primary N) is 1. The normalized spacial score (nSPS) is 11.2. The van der Waals surface area contributed by atoms with E-state index in [1.54, 1.807) is 0 Å². The summed E-state index contributed by atoms with van der Waals surface area (Å²) in [6.07, 6.45) is -5.48. The minimum Gasteiger partial charge on any atom is -0.475 e. The topological polar surface area (TPSA) is 160 Å². The summed E-state index contributed by atoms with van der Waals surface area (Å²) in [7, 11) is 0. The molecule has 0 saturated heterocycles. The molecule has 0 aliphatic heterocycles. The quantitative estimate of drug-likeness (QED) is 0.370. The van der Waals surface area contributed by atoms with Crippen LogP contribution in [0.25, 0.3) is 0 Å². The molecule has 0 aromatic heterocycles. The van der Waals surface area contributed by atoms with Gasteiger partial charge in [-0.15, -0.1) is 0 Å². The van der Waals surface area contributed by atoms with E-state index in [2.05, 4.69) is 16.2 Å². The molecular formula is C21H23F3N4O6. The number of carboxylic acid groups (broad SMARTS) is 1. The van der Waals surface area contributed by atoms with Gasteiger partial charge in [-0.1, -0.05) is 60.7 Å². The van der Waals surface area contributed by atoms with E-state index < -0.39 is 36.1 Å². The van der Waals surface area contributed by atoms with Gasteiger partial charge in [-0.2, -0.15) is 13.2 Å². The fourth-order valence-corrected chi connectivity index (χ4v) is 2.16. The number of aliphatic carboxylic acids is 1. The van der Waals surface area contributed by atoms with Crippen molar-refractivity contribution in [1.82, 2.24) is 16.2 Å². The van der Waals surface area contributed by atoms with Crippen LogP contribution in [-0.4, -0.2) is 47.7 Å². The van der Waals surface area contributed by atoms with Crippen LogP contribution >= 0.6 is 0 Å². The summed E-state index contributed by atoms with van der Waals surface area (Å²) in [5, 5.41) is 9.41. The summed E-state index contributed by atoms with van der Waals surface area (Å²) in [6.45, 7) is -0.249. The van der Waals surface area contributed by atoms with E-state index in [-0.39, 0.29) is 13.2 Å². The van der Waals surface area contributed by atoms with Crippen LogP contribution in [0.1, 0.15) is 11.1 Å². The summed E-state index contributed by atoms with van der Waals surface area (Å²) < 4.78 is 36.7. The van der Waals surface area contributed by atoms with E-state index in [1.807, 2.05) is 60.7 Å². The second-order valence-electron chi connectivity index (χ2n) is 6.55. The Balaban J connectivity index is 0.000000718. The first-order valence-electron chi connectivity index (χ1n) is 9.62. The van der Waals surface area contributed by atoms with Crippen LogP contribution in [0.3, 0.4) is 0 Å². The van der Waals surface area contributed by atoms with E-state index >= 15 is 0 Å². The summed E-state index contributed by atoms with van der Waals surface area (Å²) in [5.74, 6) is -3.89. The van der Waals surface area contributed by atoms with Crippen molar-refractivity contribution in [2.75, 3.05) is 6.54 Å². The summed E-state index contributed by atoms with van der Waals surface area (Å²) in [4.78, 5) is 44.0. The molecule has 2 aromatic carbocycles. The number of amides is 3. The van der Waals surface area contributed by atoms with Gasteiger partial charge in [-0.25, -0.2) is 9.59 Å². The molecule has 0 saturated carbocycles. The first-order chi connectivity index (χ1) is 16.0. The number of halogens is 3. The van der Waals surface area contributed by atoms with E-state index in [1.165, 1.54) is 0 Å². The van der Waals surface area contributed by atoms with Crippen LogP contribution in [0.4, 0.5) is 18.0 Å². The fourth-order valence-electron chi connectivity index (χ4n) is 2.16. The first kappa shape index (κ1) is 27.9. The van der Waals surface area contributed by atoms with Crippen LogP contribution in [0.2, 0.25) is 0 Å². The van der Waals surface area contributed by atoms with Gasteiger partial charge in [-0.05, 0) is 17.5 Å². The van der Waals surface area contributed by atoms with Crippen molar-refractivity contribution in [3.63, 3.8) is 0 Å². The lowest BCUT2D eigenvalue weighted by Gasteiger charge is -2.13. The Kier molecular flexibility index (Phi) is 11.6. The highest BCUT2D eigenvalue weighted by Gasteiger charge is 2.38. The number of nitrogens with one attached hydrogen (secondary N) is 3. The highest BCUT2D eigenvalue weighted by atomic mass is 19.4. The zero-order valence-electron chi connectivity index (χ0n) is 17.7. The molecule has 2 aromatic rings. The van der Waals surface area contributed by atoms with Gasteiger partial charge >= 0.3 is 18.2 Å². The second-order valence-corrected chi connectivity index (χ2v) is 6.55. The number of carbonyl (C=O) groups is 4. The molecule has 0 aliphatic carbocycles. The van der Waals surface area contributed by atoms with E-state index in [0.29, 0.717) is 6.42 Å². The number of carbonyl (C=O) groups excluding carboxylic acids is 3. The molecule has 0 unspecified atom stereocenters. The Hall–Kier alpha value is -4.13. The number of carboxylic acids is 1. The van der Waals surface area contributed by atoms with Gasteiger partial charge < -0.3 is 20.9 Å². The average molecular weight is 484 g/mol. The van der Waals surface area contributed by atoms with Crippen LogP contribution in [0.15, 0.2) is 60.7 Å². The standard InChI is InChI=1S/C19H22N4O4.C2HF3O2/c20-16(11-14-7-3-1-4-8-14)18(25)23-22-17(24)12-21-19(26)27-13-15-9-5-2-6-10-15;3-2(4,5)1(6)7/h1-10,16H,11-13,20H2,(H,21,26)(H,22,24)(H,23,25);(H,6,7)/t16-;/m1./s1. The summed E-state index contributed by atoms with van der Waals surface area (Å²) >= 11 is 0. The van der Waals surface area contributed by atoms with Gasteiger partial charge in [0.15, 0.2) is 0 Å². The molecule has 10 nitrogen and oxygen atoms in total. The smallest absolute Gasteiger partial charge is 0.475 e. The van der Waals surface area contributed by atoms with E-state index in [9.17, 15) is 27.6 Å². The maximum Gasteiger partial charge on any atom is 0.490 e. The van der Waals surface area contributed by atoms with Gasteiger partial charge in [0.2, 0.25) is 0 Å². The predicted octanol–water partition coefficient (Wildman–Crippen LogP) is 1.26. The number of hydrogen-bond donors (Lipinski definition) is 5. The number of benzene rings is 2. The molecule has 3 amide bonds. The van der Waals surface area contributed by atoms with Crippen molar-refractivity contribution in [2.24, 2.45) is 5.73 Å². The zero-order chi connectivity index (χ0) is 25.6. The molecule has 0 spiro atoms. The molecule has 1 atom stereocenters. The Morgan fingerprint density at radius 2 is 1.41 bits per heavy atom. The third-order valence-electron chi connectivity index (χ3n) is 3.81. The fraction of sp³-hybridized carbons (Fsp3) is 0.238. The Bertz CT molecular complexity index is 943. The highest BCUT2D eigenvalue weighted by Crippen LogP contribution is 2.13. The maximum absolute atomic E-state index is 11.9. The number of hydrazine groups is 1. The third kappa shape index (κ3) is 12.0. The van der Waals surface area contributed by atoms with Gasteiger partial charge in [0, 0.05) is 0 Å². The number of rotatable bonds is 7. The van der Waals surface area contributed by atoms with Gasteiger partial charge in [0.1, 0.15) is 13.2 Å². The van der Waals surface area contributed by atoms with Gasteiger partial charge in [0.25, 0.3) is 11.8 Å². The average Bonchev–Trinajstić information content (AvgIpc) is 2.81. The number of alkyl halides is 3. The molecule has 0 radical (unpaired) electrons. The summed E-state index contributed by atoms with van der Waals surface area (Å²) in [6, 6.07) is 17.6. The van der Waals surface area contributed by atoms with Crippen LogP contribution in [0, 0.1) is 0 Å². The maximum atomic E-state index is 11.9. The van der Waals surface area contributed by atoms with Crippen molar-refractivity contribution in [3.05, 3.63) is 71.8 Å². The largest absolute Gasteiger partial charge is 0.490 e. The molecule has 2 rings (SSSR count). The molecule has 34 heavy (non-hydrogen) atoms. The lowest BCUT2D eigenvalue weighted by molar-refractivity contribution is -0.192. The van der Waals surface area contributed by atoms with E-state index in [4.69, 9.17) is 20.4 Å². The lowest BCUT2D eigenvalue weighted by Crippen LogP contribution is -2.52. The summed E-state index contributed by atoms with van der Waals surface area (Å²) in [5.41, 5.74) is 12.0. The molecule has 13 heteroatoms. The van der Waals surface area contributed by atoms with Crippen molar-refractivity contribution in [3.8, 4) is 0 Å². The highest BCUT2D eigenvalue weighted by molar-refractivity contribution is 5.87. The molecule has 0 aliphatic rings. The van der Waals surface area contributed by atoms with Gasteiger partial charge in [-0.3, -0.25) is 20.4 Å². The third-order valence-corrected chi connectivity index (χ3v) is 3.81. The van der Waals surface area contributed by atoms with Crippen LogP contribution in [0.5, 0.6) is 0 Å². The molecule has 6 N–H and O–H groups in total. The monoisotopic (exact) mass is 484 g/mol. The molecule has 0 fully saturated rings. The Morgan fingerprint density at radius 1 is 0.912 bits per heavy atom. The van der Waals surface area contributed by atoms with Crippen LogP contribution < -0.4 is 21.9 Å². The Morgan fingerprint density at radius 3 is 1.91 bits per heavy atom. The van der Waals surface area contributed by atoms with E-state index in [0.717, 1.165) is 11.1 Å².